The van der Waals surface area contributed by atoms with Crippen molar-refractivity contribution in [2.45, 2.75) is 13.0 Å². The number of esters is 2. The van der Waals surface area contributed by atoms with E-state index in [9.17, 15) is 14.4 Å². The fourth-order valence-electron chi connectivity index (χ4n) is 5.09. The summed E-state index contributed by atoms with van der Waals surface area (Å²) >= 11 is 7.38. The monoisotopic (exact) mass is 624 g/mol. The number of methoxy groups -OCH3 is 1. The fourth-order valence-corrected chi connectivity index (χ4v) is 6.20. The third-order valence-electron chi connectivity index (χ3n) is 7.06. The van der Waals surface area contributed by atoms with Crippen LogP contribution in [0.5, 0.6) is 0 Å². The first-order valence-corrected chi connectivity index (χ1v) is 14.9. The minimum absolute atomic E-state index is 0.155. The average molecular weight is 625 g/mol. The van der Waals surface area contributed by atoms with Gasteiger partial charge in [-0.2, -0.15) is 0 Å². The van der Waals surface area contributed by atoms with Gasteiger partial charge in [-0.3, -0.25) is 9.36 Å². The van der Waals surface area contributed by atoms with Crippen molar-refractivity contribution in [2.24, 2.45) is 4.99 Å². The molecule has 0 N–H and O–H groups in total. The number of thiazole rings is 1. The second kappa shape index (κ2) is 12.3. The average Bonchev–Trinajstić information content (AvgIpc) is 3.64. The number of fused-ring (bicyclic) bond motifs is 1. The summed E-state index contributed by atoms with van der Waals surface area (Å²) in [6.45, 7) is 1.89. The summed E-state index contributed by atoms with van der Waals surface area (Å²) in [5.41, 5.74) is 2.64. The highest BCUT2D eigenvalue weighted by Gasteiger charge is 2.35. The van der Waals surface area contributed by atoms with E-state index in [4.69, 9.17) is 30.5 Å². The summed E-state index contributed by atoms with van der Waals surface area (Å²) in [5.74, 6) is -0.203. The van der Waals surface area contributed by atoms with Gasteiger partial charge in [0.2, 0.25) is 0 Å². The summed E-state index contributed by atoms with van der Waals surface area (Å²) in [7, 11) is 1.32. The Morgan fingerprint density at radius 1 is 0.977 bits per heavy atom. The molecule has 1 aliphatic heterocycles. The van der Waals surface area contributed by atoms with Gasteiger partial charge in [0.05, 0.1) is 41.1 Å². The van der Waals surface area contributed by atoms with Crippen LogP contribution in [-0.2, 0) is 14.3 Å². The van der Waals surface area contributed by atoms with Gasteiger partial charge in [-0.25, -0.2) is 14.6 Å². The van der Waals surface area contributed by atoms with Gasteiger partial charge in [0.15, 0.2) is 4.80 Å². The van der Waals surface area contributed by atoms with Crippen LogP contribution in [0.3, 0.4) is 0 Å². The van der Waals surface area contributed by atoms with Crippen molar-refractivity contribution in [3.8, 4) is 11.3 Å². The molecule has 220 valence electrons. The van der Waals surface area contributed by atoms with Gasteiger partial charge < -0.3 is 13.9 Å². The van der Waals surface area contributed by atoms with Crippen LogP contribution in [0, 0.1) is 0 Å². The number of carbonyl (C=O) groups excluding carboxylic acids is 2. The molecule has 3 aromatic carbocycles. The minimum Gasteiger partial charge on any atom is -0.465 e. The summed E-state index contributed by atoms with van der Waals surface area (Å²) in [6, 6.07) is 25.9. The molecule has 0 spiro atoms. The van der Waals surface area contributed by atoms with E-state index in [0.717, 1.165) is 0 Å². The SMILES string of the molecule is CCOC(=O)C1=C(c2ccccc2)N=c2s/c(=C/c3ccc(-c4ccccc4C(=O)OC)o3)c(=O)n2[C@@H]1c1ccc(Cl)cc1. The van der Waals surface area contributed by atoms with Crippen molar-refractivity contribution >= 4 is 46.6 Å². The smallest absolute Gasteiger partial charge is 0.338 e. The van der Waals surface area contributed by atoms with E-state index < -0.39 is 18.0 Å². The second-order valence-electron chi connectivity index (χ2n) is 9.72. The van der Waals surface area contributed by atoms with Crippen LogP contribution >= 0.6 is 22.9 Å². The van der Waals surface area contributed by atoms with Crippen molar-refractivity contribution in [3.05, 3.63) is 144 Å². The molecule has 1 atom stereocenters. The Morgan fingerprint density at radius 3 is 2.43 bits per heavy atom. The molecule has 8 nitrogen and oxygen atoms in total. The van der Waals surface area contributed by atoms with Gasteiger partial charge in [0, 0.05) is 22.2 Å². The van der Waals surface area contributed by atoms with Crippen LogP contribution in [-0.4, -0.2) is 30.2 Å². The van der Waals surface area contributed by atoms with Crippen LogP contribution in [0.2, 0.25) is 5.02 Å². The molecule has 2 aromatic heterocycles. The number of hydrogen-bond donors (Lipinski definition) is 0. The minimum atomic E-state index is -0.820. The summed E-state index contributed by atoms with van der Waals surface area (Å²) < 4.78 is 18.3. The van der Waals surface area contributed by atoms with E-state index in [1.54, 1.807) is 73.7 Å². The molecule has 6 rings (SSSR count). The Balaban J connectivity index is 1.54. The number of ether oxygens (including phenoxy) is 2. The summed E-state index contributed by atoms with van der Waals surface area (Å²) in [5, 5.41) is 0.522. The molecular weight excluding hydrogens is 600 g/mol. The van der Waals surface area contributed by atoms with Crippen LogP contribution in [0.25, 0.3) is 23.1 Å². The van der Waals surface area contributed by atoms with Crippen molar-refractivity contribution in [1.29, 1.82) is 0 Å². The number of aromatic nitrogens is 1. The van der Waals surface area contributed by atoms with Gasteiger partial charge in [0.25, 0.3) is 5.56 Å². The van der Waals surface area contributed by atoms with Crippen LogP contribution < -0.4 is 14.9 Å². The molecule has 10 heteroatoms. The molecule has 0 bridgehead atoms. The highest BCUT2D eigenvalue weighted by molar-refractivity contribution is 7.07. The van der Waals surface area contributed by atoms with Crippen molar-refractivity contribution < 1.29 is 23.5 Å². The zero-order valence-corrected chi connectivity index (χ0v) is 25.2. The summed E-state index contributed by atoms with van der Waals surface area (Å²) in [4.78, 5) is 45.2. The molecule has 0 radical (unpaired) electrons. The molecule has 0 aliphatic carbocycles. The number of furan rings is 1. The number of benzene rings is 3. The fraction of sp³-hybridized carbons (Fsp3) is 0.118. The highest BCUT2D eigenvalue weighted by atomic mass is 35.5. The molecule has 1 aliphatic rings. The predicted octanol–water partition coefficient (Wildman–Crippen LogP) is 5.64. The largest absolute Gasteiger partial charge is 0.465 e. The van der Waals surface area contributed by atoms with E-state index in [1.807, 2.05) is 30.3 Å². The summed E-state index contributed by atoms with van der Waals surface area (Å²) in [6.07, 6.45) is 1.63. The van der Waals surface area contributed by atoms with E-state index >= 15 is 0 Å². The van der Waals surface area contributed by atoms with E-state index in [-0.39, 0.29) is 17.7 Å². The zero-order chi connectivity index (χ0) is 30.8. The maximum absolute atomic E-state index is 14.1. The zero-order valence-electron chi connectivity index (χ0n) is 23.7. The highest BCUT2D eigenvalue weighted by Crippen LogP contribution is 2.35. The predicted molar refractivity (Wildman–Crippen MR) is 168 cm³/mol. The molecule has 5 aromatic rings. The molecular formula is C34H25ClN2O6S. The number of hydrogen-bond acceptors (Lipinski definition) is 8. The Bertz CT molecular complexity index is 2090. The lowest BCUT2D eigenvalue weighted by atomic mass is 9.93. The number of halogens is 1. The molecule has 0 saturated heterocycles. The van der Waals surface area contributed by atoms with Gasteiger partial charge in [-0.1, -0.05) is 83.6 Å². The quantitative estimate of drug-likeness (QED) is 0.218. The molecule has 3 heterocycles. The van der Waals surface area contributed by atoms with Gasteiger partial charge in [-0.05, 0) is 42.8 Å². The topological polar surface area (TPSA) is 100 Å². The van der Waals surface area contributed by atoms with Crippen molar-refractivity contribution in [3.63, 3.8) is 0 Å². The van der Waals surface area contributed by atoms with Gasteiger partial charge >= 0.3 is 11.9 Å². The van der Waals surface area contributed by atoms with Crippen LogP contribution in [0.15, 0.2) is 111 Å². The van der Waals surface area contributed by atoms with Crippen molar-refractivity contribution in [2.75, 3.05) is 13.7 Å². The number of carbonyl (C=O) groups is 2. The first kappa shape index (κ1) is 29.1. The molecule has 44 heavy (non-hydrogen) atoms. The Kier molecular flexibility index (Phi) is 8.15. The Labute approximate surface area is 260 Å². The van der Waals surface area contributed by atoms with E-state index in [2.05, 4.69) is 0 Å². The first-order valence-electron chi connectivity index (χ1n) is 13.7. The lowest BCUT2D eigenvalue weighted by Gasteiger charge is -2.25. The molecule has 0 amide bonds. The van der Waals surface area contributed by atoms with E-state index in [1.165, 1.54) is 23.0 Å². The third-order valence-corrected chi connectivity index (χ3v) is 8.29. The number of nitrogens with zero attached hydrogens (tertiary/aromatic N) is 2. The molecule has 0 saturated carbocycles. The van der Waals surface area contributed by atoms with Crippen LogP contribution in [0.4, 0.5) is 0 Å². The third kappa shape index (κ3) is 5.43. The molecule has 0 fully saturated rings. The lowest BCUT2D eigenvalue weighted by Crippen LogP contribution is -2.39. The number of rotatable bonds is 7. The van der Waals surface area contributed by atoms with Gasteiger partial charge in [-0.15, -0.1) is 0 Å². The van der Waals surface area contributed by atoms with E-state index in [0.29, 0.717) is 53.8 Å². The Hall–Kier alpha value is -4.99. The van der Waals surface area contributed by atoms with Gasteiger partial charge in [0.1, 0.15) is 11.5 Å². The van der Waals surface area contributed by atoms with Crippen LogP contribution in [0.1, 0.15) is 40.2 Å². The molecule has 0 unspecified atom stereocenters. The standard InChI is InChI=1S/C34H25ClN2O6S/c1-3-42-33(40)28-29(20-9-5-4-6-10-20)36-34-37(30(28)21-13-15-22(35)16-14-21)31(38)27(44-34)19-23-17-18-26(43-23)24-11-7-8-12-25(24)32(39)41-2/h4-19,30H,3H2,1-2H3/b27-19+/t30-/m1/s1. The normalized spacial score (nSPS) is 14.6. The lowest BCUT2D eigenvalue weighted by molar-refractivity contribution is -0.138. The maximum atomic E-state index is 14.1. The second-order valence-corrected chi connectivity index (χ2v) is 11.2. The maximum Gasteiger partial charge on any atom is 0.338 e. The van der Waals surface area contributed by atoms with Crippen molar-refractivity contribution in [1.82, 2.24) is 4.57 Å². The first-order chi connectivity index (χ1) is 21.4. The Morgan fingerprint density at radius 2 is 1.70 bits per heavy atom.